The fraction of sp³-hybridized carbons (Fsp3) is 0.111. The molecule has 1 N–H and O–H groups in total. The zero-order valence-corrected chi connectivity index (χ0v) is 19.9. The van der Waals surface area contributed by atoms with Gasteiger partial charge in [-0.15, -0.1) is 16.5 Å². The van der Waals surface area contributed by atoms with Gasteiger partial charge in [0.15, 0.2) is 5.69 Å². The third kappa shape index (κ3) is 4.13. The van der Waals surface area contributed by atoms with Gasteiger partial charge in [0, 0.05) is 16.5 Å². The fourth-order valence-electron chi connectivity index (χ4n) is 3.63. The van der Waals surface area contributed by atoms with Crippen molar-refractivity contribution in [3.05, 3.63) is 105 Å². The van der Waals surface area contributed by atoms with Gasteiger partial charge in [0.05, 0.1) is 17.1 Å². The maximum absolute atomic E-state index is 13.5. The second-order valence-corrected chi connectivity index (χ2v) is 8.98. The van der Waals surface area contributed by atoms with Crippen molar-refractivity contribution < 1.29 is 0 Å². The molecule has 0 amide bonds. The molecule has 0 fully saturated rings. The Morgan fingerprint density at radius 2 is 1.62 bits per heavy atom. The van der Waals surface area contributed by atoms with Gasteiger partial charge in [-0.3, -0.25) is 9.89 Å². The van der Waals surface area contributed by atoms with Crippen LogP contribution in [-0.4, -0.2) is 14.8 Å². The Hall–Kier alpha value is -4.10. The Balaban J connectivity index is 1.61. The summed E-state index contributed by atoms with van der Waals surface area (Å²) in [6.07, 6.45) is 0. The lowest BCUT2D eigenvalue weighted by molar-refractivity contribution is 0.843. The van der Waals surface area contributed by atoms with Gasteiger partial charge in [0.2, 0.25) is 5.13 Å². The monoisotopic (exact) mass is 465 g/mol. The zero-order chi connectivity index (χ0) is 23.7. The van der Waals surface area contributed by atoms with Crippen molar-refractivity contribution in [2.75, 3.05) is 0 Å². The highest BCUT2D eigenvalue weighted by Crippen LogP contribution is 2.31. The molecule has 5 aromatic rings. The fourth-order valence-corrected chi connectivity index (χ4v) is 4.42. The van der Waals surface area contributed by atoms with Gasteiger partial charge in [-0.1, -0.05) is 72.3 Å². The second kappa shape index (κ2) is 9.03. The topological polar surface area (TPSA) is 75.4 Å². The van der Waals surface area contributed by atoms with E-state index in [1.54, 1.807) is 0 Å². The molecule has 0 aliphatic carbocycles. The molecule has 5 rings (SSSR count). The minimum absolute atomic E-state index is 0.249. The number of H-pyrrole nitrogens is 1. The first-order chi connectivity index (χ1) is 16.5. The molecule has 7 heteroatoms. The van der Waals surface area contributed by atoms with Crippen LogP contribution in [0.2, 0.25) is 0 Å². The van der Waals surface area contributed by atoms with Crippen molar-refractivity contribution in [3.63, 3.8) is 0 Å². The van der Waals surface area contributed by atoms with Gasteiger partial charge in [0.25, 0.3) is 0 Å². The van der Waals surface area contributed by atoms with E-state index in [0.29, 0.717) is 10.8 Å². The molecule has 2 heterocycles. The van der Waals surface area contributed by atoms with Gasteiger partial charge >= 0.3 is 5.56 Å². The minimum Gasteiger partial charge on any atom is -0.286 e. The van der Waals surface area contributed by atoms with E-state index < -0.39 is 0 Å². The van der Waals surface area contributed by atoms with Crippen LogP contribution in [0.5, 0.6) is 0 Å². The summed E-state index contributed by atoms with van der Waals surface area (Å²) in [5, 5.41) is 14.6. The summed E-state index contributed by atoms with van der Waals surface area (Å²) in [5.41, 5.74) is 7.32. The maximum atomic E-state index is 13.5. The molecule has 0 aliphatic heterocycles. The number of aryl methyl sites for hydroxylation is 2. The average Bonchev–Trinajstić information content (AvgIpc) is 3.46. The normalized spacial score (nSPS) is 11.4. The van der Waals surface area contributed by atoms with Crippen LogP contribution in [0.4, 0.5) is 11.4 Å². The Kier molecular flexibility index (Phi) is 5.77. The van der Waals surface area contributed by atoms with Crippen molar-refractivity contribution in [2.24, 2.45) is 10.2 Å². The summed E-state index contributed by atoms with van der Waals surface area (Å²) < 4.78 is 1.45. The van der Waals surface area contributed by atoms with Gasteiger partial charge in [-0.2, -0.15) is 9.80 Å². The van der Waals surface area contributed by atoms with Crippen molar-refractivity contribution in [1.29, 1.82) is 0 Å². The van der Waals surface area contributed by atoms with Crippen LogP contribution in [0, 0.1) is 20.8 Å². The molecule has 0 saturated heterocycles. The number of hydrogen-bond acceptors (Lipinski definition) is 5. The van der Waals surface area contributed by atoms with Crippen LogP contribution in [0.1, 0.15) is 16.7 Å². The summed E-state index contributed by atoms with van der Waals surface area (Å²) in [6.45, 7) is 6.08. The van der Waals surface area contributed by atoms with Crippen LogP contribution in [0.3, 0.4) is 0 Å². The molecular formula is C27H23N5OS. The number of hydrogen-bond donors (Lipinski definition) is 1. The molecular weight excluding hydrogens is 442 g/mol. The molecule has 0 spiro atoms. The molecule has 3 aromatic carbocycles. The van der Waals surface area contributed by atoms with Crippen LogP contribution >= 0.6 is 11.3 Å². The Morgan fingerprint density at radius 1 is 0.853 bits per heavy atom. The largest absolute Gasteiger partial charge is 0.301 e. The first-order valence-electron chi connectivity index (χ1n) is 10.9. The van der Waals surface area contributed by atoms with Crippen molar-refractivity contribution in [2.45, 2.75) is 20.8 Å². The van der Waals surface area contributed by atoms with Crippen LogP contribution in [0.25, 0.3) is 27.6 Å². The van der Waals surface area contributed by atoms with Crippen LogP contribution < -0.4 is 5.56 Å². The van der Waals surface area contributed by atoms with E-state index in [1.165, 1.54) is 21.6 Å². The highest BCUT2D eigenvalue weighted by atomic mass is 32.1. The zero-order valence-electron chi connectivity index (χ0n) is 19.1. The average molecular weight is 466 g/mol. The van der Waals surface area contributed by atoms with Gasteiger partial charge < -0.3 is 0 Å². The van der Waals surface area contributed by atoms with Crippen molar-refractivity contribution >= 4 is 22.7 Å². The highest BCUT2D eigenvalue weighted by molar-refractivity contribution is 7.12. The molecule has 0 radical (unpaired) electrons. The molecule has 0 saturated carbocycles. The predicted molar refractivity (Wildman–Crippen MR) is 138 cm³/mol. The first-order valence-corrected chi connectivity index (χ1v) is 11.8. The van der Waals surface area contributed by atoms with E-state index in [9.17, 15) is 4.79 Å². The Bertz CT molecular complexity index is 1540. The molecule has 0 atom stereocenters. The number of nitrogens with zero attached hydrogens (tertiary/aromatic N) is 4. The van der Waals surface area contributed by atoms with Gasteiger partial charge in [-0.05, 0) is 38.0 Å². The molecule has 168 valence electrons. The smallest absolute Gasteiger partial charge is 0.286 e. The molecule has 0 unspecified atom stereocenters. The molecule has 34 heavy (non-hydrogen) atoms. The van der Waals surface area contributed by atoms with E-state index in [2.05, 4.69) is 27.5 Å². The van der Waals surface area contributed by atoms with Crippen molar-refractivity contribution in [1.82, 2.24) is 14.8 Å². The van der Waals surface area contributed by atoms with Gasteiger partial charge in [0.1, 0.15) is 0 Å². The van der Waals surface area contributed by atoms with Crippen molar-refractivity contribution in [3.8, 4) is 27.6 Å². The minimum atomic E-state index is -0.294. The third-order valence-corrected chi connectivity index (χ3v) is 6.62. The SMILES string of the molecule is Cc1ccc(-c2csc(-n3[nH]c(-c4ccccc4)c(N=Nc4cccc(C)c4C)c3=O)n2)cc1. The number of rotatable bonds is 5. The Labute approximate surface area is 201 Å². The van der Waals surface area contributed by atoms with E-state index in [-0.39, 0.29) is 11.2 Å². The summed E-state index contributed by atoms with van der Waals surface area (Å²) in [4.78, 5) is 18.2. The van der Waals surface area contributed by atoms with E-state index in [0.717, 1.165) is 33.6 Å². The van der Waals surface area contributed by atoms with E-state index in [1.807, 2.05) is 86.8 Å². The highest BCUT2D eigenvalue weighted by Gasteiger charge is 2.19. The lowest BCUT2D eigenvalue weighted by Gasteiger charge is -2.02. The summed E-state index contributed by atoms with van der Waals surface area (Å²) in [7, 11) is 0. The maximum Gasteiger partial charge on any atom is 0.301 e. The number of nitrogens with one attached hydrogen (secondary N) is 1. The third-order valence-electron chi connectivity index (χ3n) is 5.79. The van der Waals surface area contributed by atoms with E-state index >= 15 is 0 Å². The van der Waals surface area contributed by atoms with E-state index in [4.69, 9.17) is 4.98 Å². The lowest BCUT2D eigenvalue weighted by atomic mass is 10.1. The molecule has 6 nitrogen and oxygen atoms in total. The predicted octanol–water partition coefficient (Wildman–Crippen LogP) is 7.30. The summed E-state index contributed by atoms with van der Waals surface area (Å²) in [5.74, 6) is 0. The number of benzene rings is 3. The number of aromatic nitrogens is 3. The standard InChI is InChI=1S/C27H23N5OS/c1-17-12-14-20(15-13-17)23-16-34-27(28-23)32-26(33)25(24(31-32)21-9-5-4-6-10-21)30-29-22-11-7-8-18(2)19(22)3/h4-16,31H,1-3H3. The molecule has 0 bridgehead atoms. The number of thiazole rings is 1. The second-order valence-electron chi connectivity index (χ2n) is 8.14. The molecule has 0 aliphatic rings. The van der Waals surface area contributed by atoms with Crippen LogP contribution in [0.15, 0.2) is 93.2 Å². The summed E-state index contributed by atoms with van der Waals surface area (Å²) >= 11 is 1.40. The van der Waals surface area contributed by atoms with Gasteiger partial charge in [-0.25, -0.2) is 4.98 Å². The Morgan fingerprint density at radius 3 is 2.38 bits per heavy atom. The summed E-state index contributed by atoms with van der Waals surface area (Å²) in [6, 6.07) is 23.7. The molecule has 2 aromatic heterocycles. The van der Waals surface area contributed by atoms with Crippen LogP contribution in [-0.2, 0) is 0 Å². The first kappa shape index (κ1) is 21.7. The quantitative estimate of drug-likeness (QED) is 0.277. The number of aromatic amines is 1. The lowest BCUT2D eigenvalue weighted by Crippen LogP contribution is -2.13. The number of azo groups is 1.